The summed E-state index contributed by atoms with van der Waals surface area (Å²) in [6, 6.07) is 2.43. The standard InChI is InChI=1S/C15H20ClN3S/c1-8(2)13-14(16)17-7-18-15(13)19-10(4)12-6-9(3)20-11(12)5/h6-8,10H,1-5H3,(H,17,18,19). The minimum Gasteiger partial charge on any atom is -0.363 e. The van der Waals surface area contributed by atoms with Crippen molar-refractivity contribution in [3.05, 3.63) is 38.4 Å². The number of hydrogen-bond donors (Lipinski definition) is 1. The monoisotopic (exact) mass is 309 g/mol. The predicted molar refractivity (Wildman–Crippen MR) is 87.0 cm³/mol. The quantitative estimate of drug-likeness (QED) is 0.798. The van der Waals surface area contributed by atoms with E-state index in [-0.39, 0.29) is 12.0 Å². The van der Waals surface area contributed by atoms with Gasteiger partial charge in [0.05, 0.1) is 6.04 Å². The van der Waals surface area contributed by atoms with Gasteiger partial charge in [-0.15, -0.1) is 11.3 Å². The lowest BCUT2D eigenvalue weighted by molar-refractivity contribution is 0.818. The van der Waals surface area contributed by atoms with Crippen molar-refractivity contribution in [1.82, 2.24) is 9.97 Å². The van der Waals surface area contributed by atoms with E-state index in [1.165, 1.54) is 21.6 Å². The average molecular weight is 310 g/mol. The first-order valence-corrected chi connectivity index (χ1v) is 7.93. The Morgan fingerprint density at radius 1 is 1.20 bits per heavy atom. The Hall–Kier alpha value is -1.13. The van der Waals surface area contributed by atoms with Crippen LogP contribution in [-0.4, -0.2) is 9.97 Å². The Balaban J connectivity index is 2.30. The van der Waals surface area contributed by atoms with Crippen molar-refractivity contribution in [3.63, 3.8) is 0 Å². The summed E-state index contributed by atoms with van der Waals surface area (Å²) in [5.74, 6) is 1.11. The molecule has 2 heterocycles. The van der Waals surface area contributed by atoms with Crippen LogP contribution in [0.4, 0.5) is 5.82 Å². The first-order chi connectivity index (χ1) is 9.40. The molecule has 0 saturated carbocycles. The highest BCUT2D eigenvalue weighted by molar-refractivity contribution is 7.12. The molecule has 1 N–H and O–H groups in total. The summed E-state index contributed by atoms with van der Waals surface area (Å²) in [5.41, 5.74) is 2.29. The second-order valence-electron chi connectivity index (χ2n) is 5.32. The number of anilines is 1. The molecule has 20 heavy (non-hydrogen) atoms. The molecule has 1 atom stereocenters. The average Bonchev–Trinajstić information content (AvgIpc) is 2.68. The molecule has 0 radical (unpaired) electrons. The Morgan fingerprint density at radius 3 is 2.45 bits per heavy atom. The first-order valence-electron chi connectivity index (χ1n) is 6.74. The fraction of sp³-hybridized carbons (Fsp3) is 0.467. The van der Waals surface area contributed by atoms with Gasteiger partial charge in [-0.2, -0.15) is 0 Å². The van der Waals surface area contributed by atoms with Crippen molar-refractivity contribution >= 4 is 28.8 Å². The van der Waals surface area contributed by atoms with Gasteiger partial charge < -0.3 is 5.32 Å². The van der Waals surface area contributed by atoms with Crippen LogP contribution >= 0.6 is 22.9 Å². The molecule has 0 spiro atoms. The number of hydrogen-bond acceptors (Lipinski definition) is 4. The summed E-state index contributed by atoms with van der Waals surface area (Å²) in [5, 5.41) is 4.00. The van der Waals surface area contributed by atoms with Gasteiger partial charge in [-0.3, -0.25) is 0 Å². The molecular weight excluding hydrogens is 290 g/mol. The van der Waals surface area contributed by atoms with Gasteiger partial charge in [0.15, 0.2) is 0 Å². The second-order valence-corrected chi connectivity index (χ2v) is 7.13. The van der Waals surface area contributed by atoms with Crippen LogP contribution in [0.3, 0.4) is 0 Å². The number of nitrogens with one attached hydrogen (secondary N) is 1. The minimum absolute atomic E-state index is 0.198. The van der Waals surface area contributed by atoms with Crippen LogP contribution in [0.1, 0.15) is 53.6 Å². The van der Waals surface area contributed by atoms with Gasteiger partial charge in [0.25, 0.3) is 0 Å². The third-order valence-corrected chi connectivity index (χ3v) is 4.59. The normalized spacial score (nSPS) is 12.8. The van der Waals surface area contributed by atoms with Crippen molar-refractivity contribution in [2.75, 3.05) is 5.32 Å². The van der Waals surface area contributed by atoms with E-state index in [9.17, 15) is 0 Å². The van der Waals surface area contributed by atoms with Crippen LogP contribution in [0.2, 0.25) is 5.15 Å². The van der Waals surface area contributed by atoms with Gasteiger partial charge in [0.1, 0.15) is 17.3 Å². The number of nitrogens with zero attached hydrogens (tertiary/aromatic N) is 2. The number of aryl methyl sites for hydroxylation is 2. The van der Waals surface area contributed by atoms with E-state index in [0.29, 0.717) is 5.15 Å². The maximum absolute atomic E-state index is 6.20. The highest BCUT2D eigenvalue weighted by Crippen LogP contribution is 2.32. The van der Waals surface area contributed by atoms with Crippen molar-refractivity contribution in [3.8, 4) is 0 Å². The van der Waals surface area contributed by atoms with Gasteiger partial charge in [0, 0.05) is 15.3 Å². The van der Waals surface area contributed by atoms with Gasteiger partial charge in [0.2, 0.25) is 0 Å². The molecule has 0 aliphatic heterocycles. The molecule has 0 fully saturated rings. The summed E-state index contributed by atoms with van der Waals surface area (Å²) in [6.07, 6.45) is 1.51. The molecule has 0 aliphatic carbocycles. The van der Waals surface area contributed by atoms with Gasteiger partial charge in [-0.1, -0.05) is 25.4 Å². The van der Waals surface area contributed by atoms with Gasteiger partial charge >= 0.3 is 0 Å². The first kappa shape index (κ1) is 15.3. The molecule has 0 amide bonds. The Kier molecular flexibility index (Phi) is 4.66. The predicted octanol–water partition coefficient (Wildman–Crippen LogP) is 5.10. The van der Waals surface area contributed by atoms with Crippen LogP contribution in [0.25, 0.3) is 0 Å². The largest absolute Gasteiger partial charge is 0.363 e. The topological polar surface area (TPSA) is 37.8 Å². The van der Waals surface area contributed by atoms with Crippen LogP contribution in [-0.2, 0) is 0 Å². The maximum Gasteiger partial charge on any atom is 0.138 e. The lowest BCUT2D eigenvalue weighted by Crippen LogP contribution is -2.11. The van der Waals surface area contributed by atoms with E-state index < -0.39 is 0 Å². The lowest BCUT2D eigenvalue weighted by atomic mass is 10.0. The summed E-state index contributed by atoms with van der Waals surface area (Å²) < 4.78 is 0. The number of thiophene rings is 1. The number of aromatic nitrogens is 2. The smallest absolute Gasteiger partial charge is 0.138 e. The van der Waals surface area contributed by atoms with Crippen molar-refractivity contribution in [2.24, 2.45) is 0 Å². The summed E-state index contributed by atoms with van der Waals surface area (Å²) in [7, 11) is 0. The van der Waals surface area contributed by atoms with E-state index >= 15 is 0 Å². The van der Waals surface area contributed by atoms with E-state index in [1.807, 2.05) is 11.3 Å². The molecule has 0 aliphatic rings. The number of rotatable bonds is 4. The van der Waals surface area contributed by atoms with Crippen molar-refractivity contribution in [1.29, 1.82) is 0 Å². The maximum atomic E-state index is 6.20. The zero-order valence-corrected chi connectivity index (χ0v) is 14.1. The molecule has 1 unspecified atom stereocenters. The van der Waals surface area contributed by atoms with Gasteiger partial charge in [-0.05, 0) is 38.3 Å². The third kappa shape index (κ3) is 3.13. The molecule has 0 bridgehead atoms. The summed E-state index contributed by atoms with van der Waals surface area (Å²) in [4.78, 5) is 11.1. The van der Waals surface area contributed by atoms with Crippen LogP contribution in [0.15, 0.2) is 12.4 Å². The Morgan fingerprint density at radius 2 is 1.90 bits per heavy atom. The van der Waals surface area contributed by atoms with Crippen molar-refractivity contribution in [2.45, 2.75) is 46.6 Å². The second kappa shape index (κ2) is 6.10. The van der Waals surface area contributed by atoms with Gasteiger partial charge in [-0.25, -0.2) is 9.97 Å². The van der Waals surface area contributed by atoms with Crippen LogP contribution in [0.5, 0.6) is 0 Å². The molecule has 3 nitrogen and oxygen atoms in total. The zero-order valence-electron chi connectivity index (χ0n) is 12.5. The Bertz CT molecular complexity index is 607. The van der Waals surface area contributed by atoms with E-state index in [0.717, 1.165) is 11.4 Å². The van der Waals surface area contributed by atoms with E-state index in [4.69, 9.17) is 11.6 Å². The number of halogens is 1. The van der Waals surface area contributed by atoms with Crippen LogP contribution in [0, 0.1) is 13.8 Å². The molecule has 0 saturated heterocycles. The summed E-state index contributed by atoms with van der Waals surface area (Å²) >= 11 is 8.02. The SMILES string of the molecule is Cc1cc(C(C)Nc2ncnc(Cl)c2C(C)C)c(C)s1. The molecule has 0 aromatic carbocycles. The van der Waals surface area contributed by atoms with Crippen molar-refractivity contribution < 1.29 is 0 Å². The minimum atomic E-state index is 0.198. The summed E-state index contributed by atoms with van der Waals surface area (Å²) in [6.45, 7) is 10.6. The molecule has 2 aromatic rings. The fourth-order valence-electron chi connectivity index (χ4n) is 2.36. The molecule has 2 aromatic heterocycles. The molecule has 108 valence electrons. The third-order valence-electron chi connectivity index (χ3n) is 3.31. The molecular formula is C15H20ClN3S. The molecule has 2 rings (SSSR count). The highest BCUT2D eigenvalue weighted by Gasteiger charge is 2.17. The van der Waals surface area contributed by atoms with E-state index in [2.05, 4.69) is 56.0 Å². The van der Waals surface area contributed by atoms with Crippen LogP contribution < -0.4 is 5.32 Å². The fourth-order valence-corrected chi connectivity index (χ4v) is 3.74. The molecule has 5 heteroatoms. The lowest BCUT2D eigenvalue weighted by Gasteiger charge is -2.19. The zero-order chi connectivity index (χ0) is 14.9. The highest BCUT2D eigenvalue weighted by atomic mass is 35.5. The Labute approximate surface area is 129 Å². The van der Waals surface area contributed by atoms with E-state index in [1.54, 1.807) is 0 Å².